The van der Waals surface area contributed by atoms with Gasteiger partial charge in [-0.3, -0.25) is 19.4 Å². The van der Waals surface area contributed by atoms with Crippen LogP contribution in [0, 0.1) is 19.7 Å². The van der Waals surface area contributed by atoms with Crippen LogP contribution in [0.3, 0.4) is 0 Å². The number of amides is 2. The summed E-state index contributed by atoms with van der Waals surface area (Å²) in [7, 11) is 0. The molecule has 2 amide bonds. The van der Waals surface area contributed by atoms with Gasteiger partial charge in [0.05, 0.1) is 5.56 Å². The smallest absolute Gasteiger partial charge is 0.338 e. The molecule has 1 N–H and O–H groups in total. The molecule has 2 saturated heterocycles. The second kappa shape index (κ2) is 11.6. The quantitative estimate of drug-likeness (QED) is 0.371. The first kappa shape index (κ1) is 30.0. The number of likely N-dealkylation sites (tertiary alicyclic amines) is 1. The van der Waals surface area contributed by atoms with E-state index < -0.39 is 23.1 Å². The van der Waals surface area contributed by atoms with E-state index >= 15 is 0 Å². The zero-order valence-corrected chi connectivity index (χ0v) is 24.0. The third-order valence-corrected chi connectivity index (χ3v) is 8.89. The average Bonchev–Trinajstić information content (AvgIpc) is 3.26. The molecule has 2 fully saturated rings. The number of hydrogen-bond donors (Lipinski definition) is 1. The van der Waals surface area contributed by atoms with Gasteiger partial charge in [0.1, 0.15) is 23.0 Å². The summed E-state index contributed by atoms with van der Waals surface area (Å²) in [5, 5.41) is 4.55. The molecule has 12 heteroatoms. The Morgan fingerprint density at radius 3 is 2.29 bits per heavy atom. The number of benzene rings is 2. The van der Waals surface area contributed by atoms with Crippen molar-refractivity contribution in [2.24, 2.45) is 4.99 Å². The Morgan fingerprint density at radius 1 is 1.02 bits per heavy atom. The molecule has 0 saturated carbocycles. The van der Waals surface area contributed by atoms with Gasteiger partial charge in [-0.05, 0) is 85.2 Å². The number of aryl methyl sites for hydroxylation is 2. The van der Waals surface area contributed by atoms with E-state index in [1.165, 1.54) is 18.0 Å². The lowest BCUT2D eigenvalue weighted by atomic mass is 9.89. The van der Waals surface area contributed by atoms with Gasteiger partial charge in [0, 0.05) is 50.1 Å². The second-order valence-electron chi connectivity index (χ2n) is 10.8. The molecule has 5 rings (SSSR count). The van der Waals surface area contributed by atoms with Crippen LogP contribution < -0.4 is 5.32 Å². The first-order valence-electron chi connectivity index (χ1n) is 13.7. The Morgan fingerprint density at radius 2 is 1.67 bits per heavy atom. The van der Waals surface area contributed by atoms with Crippen LogP contribution in [0.5, 0.6) is 0 Å². The molecule has 3 aliphatic heterocycles. The highest BCUT2D eigenvalue weighted by Gasteiger charge is 2.46. The minimum absolute atomic E-state index is 0.0122. The van der Waals surface area contributed by atoms with Crippen LogP contribution in [0.15, 0.2) is 40.7 Å². The van der Waals surface area contributed by atoms with Crippen LogP contribution in [0.4, 0.5) is 17.6 Å². The number of Topliss-reactive ketones (excluding diaryl/α,β-unsaturated/α-hetero) is 1. The predicted octanol–water partition coefficient (Wildman–Crippen LogP) is 5.30. The van der Waals surface area contributed by atoms with E-state index in [0.29, 0.717) is 63.5 Å². The lowest BCUT2D eigenvalue weighted by Crippen LogP contribution is -2.47. The molecule has 0 bridgehead atoms. The normalized spacial score (nSPS) is 19.5. The van der Waals surface area contributed by atoms with E-state index in [2.05, 4.69) is 14.6 Å². The van der Waals surface area contributed by atoms with Crippen molar-refractivity contribution in [3.8, 4) is 0 Å². The molecule has 3 aliphatic rings. The van der Waals surface area contributed by atoms with E-state index in [0.717, 1.165) is 22.8 Å². The molecular weight excluding hydrogens is 572 g/mol. The molecule has 0 aliphatic carbocycles. The maximum Gasteiger partial charge on any atom is 0.419 e. The van der Waals surface area contributed by atoms with Gasteiger partial charge in [-0.25, -0.2) is 8.70 Å². The minimum Gasteiger partial charge on any atom is -0.338 e. The third kappa shape index (κ3) is 6.14. The van der Waals surface area contributed by atoms with Crippen LogP contribution in [0.1, 0.15) is 63.9 Å². The highest BCUT2D eigenvalue weighted by atomic mass is 32.2. The standard InChI is InChI=1S/C30H30F4N4O3S/c1-18-15-21(27(40)37-10-5-22(39)6-11-37)16-19(2)23(18)7-14-42-38-12-8-29(9-13-38)28(41)35-26(36-29)20-3-4-25(31)24(17-20)30(32,33)34/h3-4,7,14-17H,5-6,8-13H2,1-2H3,(H,35,36,41)/b14-7+. The molecule has 0 atom stereocenters. The Balaban J connectivity index is 1.20. The van der Waals surface area contributed by atoms with Crippen molar-refractivity contribution in [3.05, 3.63) is 74.9 Å². The number of ketones is 1. The maximum absolute atomic E-state index is 13.7. The van der Waals surface area contributed by atoms with Crippen molar-refractivity contribution in [2.45, 2.75) is 51.2 Å². The molecule has 2 aromatic rings. The number of carbonyl (C=O) groups excluding carboxylic acids is 3. The molecule has 222 valence electrons. The maximum atomic E-state index is 13.7. The molecule has 2 aromatic carbocycles. The van der Waals surface area contributed by atoms with E-state index in [4.69, 9.17) is 0 Å². The lowest BCUT2D eigenvalue weighted by molar-refractivity contribution is -0.140. The van der Waals surface area contributed by atoms with Crippen molar-refractivity contribution < 1.29 is 31.9 Å². The molecule has 3 heterocycles. The van der Waals surface area contributed by atoms with E-state index in [-0.39, 0.29) is 29.0 Å². The van der Waals surface area contributed by atoms with Gasteiger partial charge in [-0.1, -0.05) is 11.9 Å². The summed E-state index contributed by atoms with van der Waals surface area (Å²) in [6.45, 7) is 5.85. The molecule has 0 radical (unpaired) electrons. The molecule has 7 nitrogen and oxygen atoms in total. The number of rotatable bonds is 5. The number of nitrogens with zero attached hydrogens (tertiary/aromatic N) is 3. The van der Waals surface area contributed by atoms with E-state index in [1.54, 1.807) is 4.90 Å². The summed E-state index contributed by atoms with van der Waals surface area (Å²) in [5.41, 5.74) is 1.07. The zero-order valence-electron chi connectivity index (χ0n) is 23.2. The largest absolute Gasteiger partial charge is 0.419 e. The Bertz CT molecular complexity index is 1460. The van der Waals surface area contributed by atoms with Crippen molar-refractivity contribution >= 4 is 41.5 Å². The van der Waals surface area contributed by atoms with Crippen LogP contribution in [-0.4, -0.2) is 64.4 Å². The highest BCUT2D eigenvalue weighted by molar-refractivity contribution is 8.00. The molecule has 1 spiro atoms. The van der Waals surface area contributed by atoms with Crippen LogP contribution >= 0.6 is 11.9 Å². The molecule has 42 heavy (non-hydrogen) atoms. The molecular formula is C30H30F4N4O3S. The number of hydrogen-bond acceptors (Lipinski definition) is 6. The fourth-order valence-corrected chi connectivity index (χ4v) is 6.29. The summed E-state index contributed by atoms with van der Waals surface area (Å²) >= 11 is 1.49. The summed E-state index contributed by atoms with van der Waals surface area (Å²) < 4.78 is 55.3. The topological polar surface area (TPSA) is 82.1 Å². The SMILES string of the molecule is Cc1cc(C(=O)N2CCC(=O)CC2)cc(C)c1/C=C/SN1CCC2(CC1)N=C(c1ccc(F)c(C(F)(F)F)c1)NC2=O. The van der Waals surface area contributed by atoms with Crippen LogP contribution in [-0.2, 0) is 15.8 Å². The summed E-state index contributed by atoms with van der Waals surface area (Å²) in [6, 6.07) is 6.32. The van der Waals surface area contributed by atoms with Crippen molar-refractivity contribution in [2.75, 3.05) is 26.2 Å². The zero-order chi connectivity index (χ0) is 30.2. The number of alkyl halides is 3. The number of nitrogens with one attached hydrogen (secondary N) is 1. The number of amidine groups is 1. The number of carbonyl (C=O) groups is 3. The monoisotopic (exact) mass is 602 g/mol. The van der Waals surface area contributed by atoms with Crippen LogP contribution in [0.25, 0.3) is 6.08 Å². The van der Waals surface area contributed by atoms with Gasteiger partial charge in [0.15, 0.2) is 0 Å². The Hall–Kier alpha value is -3.51. The van der Waals surface area contributed by atoms with E-state index in [9.17, 15) is 31.9 Å². The van der Waals surface area contributed by atoms with Gasteiger partial charge < -0.3 is 10.2 Å². The molecule has 0 unspecified atom stereocenters. The lowest BCUT2D eigenvalue weighted by Gasteiger charge is -2.34. The van der Waals surface area contributed by atoms with Crippen molar-refractivity contribution in [3.63, 3.8) is 0 Å². The second-order valence-corrected chi connectivity index (χ2v) is 11.8. The molecule has 0 aromatic heterocycles. The average molecular weight is 603 g/mol. The first-order valence-corrected chi connectivity index (χ1v) is 14.5. The van der Waals surface area contributed by atoms with Gasteiger partial charge in [0.25, 0.3) is 11.8 Å². The van der Waals surface area contributed by atoms with Crippen molar-refractivity contribution in [1.29, 1.82) is 0 Å². The Kier molecular flexibility index (Phi) is 8.30. The number of piperidine rings is 2. The first-order chi connectivity index (χ1) is 19.9. The third-order valence-electron chi connectivity index (χ3n) is 7.97. The van der Waals surface area contributed by atoms with Gasteiger partial charge >= 0.3 is 6.18 Å². The van der Waals surface area contributed by atoms with Gasteiger partial charge in [-0.2, -0.15) is 13.2 Å². The number of halogens is 4. The van der Waals surface area contributed by atoms with E-state index in [1.807, 2.05) is 37.5 Å². The van der Waals surface area contributed by atoms with Gasteiger partial charge in [-0.15, -0.1) is 0 Å². The fourth-order valence-electron chi connectivity index (χ4n) is 5.53. The number of aliphatic imine (C=N–C) groups is 1. The minimum atomic E-state index is -4.86. The highest BCUT2D eigenvalue weighted by Crippen LogP contribution is 2.36. The Labute approximate surface area is 245 Å². The fraction of sp³-hybridized carbons (Fsp3) is 0.400. The van der Waals surface area contributed by atoms with Gasteiger partial charge in [0.2, 0.25) is 0 Å². The summed E-state index contributed by atoms with van der Waals surface area (Å²) in [5.74, 6) is -1.61. The summed E-state index contributed by atoms with van der Waals surface area (Å²) in [6.07, 6.45) is -1.31. The van der Waals surface area contributed by atoms with Crippen LogP contribution in [0.2, 0.25) is 0 Å². The predicted molar refractivity (Wildman–Crippen MR) is 152 cm³/mol. The van der Waals surface area contributed by atoms with Crippen molar-refractivity contribution in [1.82, 2.24) is 14.5 Å². The summed E-state index contributed by atoms with van der Waals surface area (Å²) in [4.78, 5) is 43.5.